The van der Waals surface area contributed by atoms with Crippen molar-refractivity contribution in [3.05, 3.63) is 65.5 Å². The van der Waals surface area contributed by atoms with Crippen LogP contribution in [-0.4, -0.2) is 0 Å². The highest BCUT2D eigenvalue weighted by Crippen LogP contribution is 2.22. The number of halogens is 1. The van der Waals surface area contributed by atoms with Gasteiger partial charge in [0.1, 0.15) is 17.7 Å². The van der Waals surface area contributed by atoms with Crippen molar-refractivity contribution in [2.24, 2.45) is 0 Å². The second kappa shape index (κ2) is 5.00. The Balaban J connectivity index is 2.17. The predicted octanol–water partition coefficient (Wildman–Crippen LogP) is 4.27. The van der Waals surface area contributed by atoms with Crippen molar-refractivity contribution in [1.29, 1.82) is 0 Å². The SMILES string of the molecule is Cc1cc(F)cc(C(C)Oc2ccccc2)c1. The Morgan fingerprint density at radius 2 is 1.76 bits per heavy atom. The van der Waals surface area contributed by atoms with Crippen LogP contribution in [0.15, 0.2) is 48.5 Å². The molecule has 0 fully saturated rings. The summed E-state index contributed by atoms with van der Waals surface area (Å²) >= 11 is 0. The lowest BCUT2D eigenvalue weighted by Crippen LogP contribution is -2.03. The molecule has 0 radical (unpaired) electrons. The summed E-state index contributed by atoms with van der Waals surface area (Å²) in [4.78, 5) is 0. The van der Waals surface area contributed by atoms with Crippen LogP contribution in [0.5, 0.6) is 5.75 Å². The molecule has 2 heteroatoms. The van der Waals surface area contributed by atoms with Gasteiger partial charge in [-0.25, -0.2) is 4.39 Å². The average molecular weight is 230 g/mol. The minimum atomic E-state index is -0.219. The summed E-state index contributed by atoms with van der Waals surface area (Å²) in [6.07, 6.45) is -0.160. The second-order valence-electron chi connectivity index (χ2n) is 4.14. The maximum atomic E-state index is 13.3. The number of hydrogen-bond donors (Lipinski definition) is 0. The highest BCUT2D eigenvalue weighted by Gasteiger charge is 2.08. The fraction of sp³-hybridized carbons (Fsp3) is 0.200. The number of benzene rings is 2. The van der Waals surface area contributed by atoms with E-state index in [-0.39, 0.29) is 11.9 Å². The van der Waals surface area contributed by atoms with Crippen LogP contribution < -0.4 is 4.74 Å². The van der Waals surface area contributed by atoms with Crippen molar-refractivity contribution in [2.75, 3.05) is 0 Å². The van der Waals surface area contributed by atoms with Gasteiger partial charge in [-0.15, -0.1) is 0 Å². The highest BCUT2D eigenvalue weighted by molar-refractivity contribution is 5.27. The molecule has 2 aromatic rings. The lowest BCUT2D eigenvalue weighted by molar-refractivity contribution is 0.226. The fourth-order valence-electron chi connectivity index (χ4n) is 1.77. The lowest BCUT2D eigenvalue weighted by atomic mass is 10.1. The molecular formula is C15H15FO. The topological polar surface area (TPSA) is 9.23 Å². The lowest BCUT2D eigenvalue weighted by Gasteiger charge is -2.15. The summed E-state index contributed by atoms with van der Waals surface area (Å²) in [7, 11) is 0. The maximum Gasteiger partial charge on any atom is 0.123 e. The molecule has 0 saturated carbocycles. The smallest absolute Gasteiger partial charge is 0.123 e. The van der Waals surface area contributed by atoms with Gasteiger partial charge in [0.15, 0.2) is 0 Å². The molecule has 0 aromatic heterocycles. The van der Waals surface area contributed by atoms with E-state index in [9.17, 15) is 4.39 Å². The van der Waals surface area contributed by atoms with Crippen molar-refractivity contribution in [2.45, 2.75) is 20.0 Å². The molecule has 1 nitrogen and oxygen atoms in total. The number of hydrogen-bond acceptors (Lipinski definition) is 1. The molecule has 0 aliphatic rings. The van der Waals surface area contributed by atoms with Crippen LogP contribution in [0.4, 0.5) is 4.39 Å². The summed E-state index contributed by atoms with van der Waals surface area (Å²) in [5.74, 6) is 0.574. The third-order valence-electron chi connectivity index (χ3n) is 2.59. The number of para-hydroxylation sites is 1. The van der Waals surface area contributed by atoms with Crippen LogP contribution >= 0.6 is 0 Å². The van der Waals surface area contributed by atoms with Crippen LogP contribution in [0.25, 0.3) is 0 Å². The predicted molar refractivity (Wildman–Crippen MR) is 66.6 cm³/mol. The Labute approximate surface area is 101 Å². The number of aryl methyl sites for hydroxylation is 1. The van der Waals surface area contributed by atoms with Crippen molar-refractivity contribution < 1.29 is 9.13 Å². The first kappa shape index (κ1) is 11.6. The quantitative estimate of drug-likeness (QED) is 0.765. The van der Waals surface area contributed by atoms with Gasteiger partial charge in [-0.05, 0) is 49.2 Å². The van der Waals surface area contributed by atoms with Crippen molar-refractivity contribution in [3.63, 3.8) is 0 Å². The molecule has 0 bridgehead atoms. The Kier molecular flexibility index (Phi) is 3.43. The zero-order valence-electron chi connectivity index (χ0n) is 9.98. The van der Waals surface area contributed by atoms with Crippen molar-refractivity contribution in [3.8, 4) is 5.75 Å². The van der Waals surface area contributed by atoms with Crippen LogP contribution in [0.2, 0.25) is 0 Å². The average Bonchev–Trinajstić information content (AvgIpc) is 2.29. The summed E-state index contributed by atoms with van der Waals surface area (Å²) in [5, 5.41) is 0. The second-order valence-corrected chi connectivity index (χ2v) is 4.14. The Hall–Kier alpha value is -1.83. The molecule has 0 aliphatic heterocycles. The van der Waals surface area contributed by atoms with Gasteiger partial charge in [-0.3, -0.25) is 0 Å². The molecule has 2 rings (SSSR count). The first-order valence-corrected chi connectivity index (χ1v) is 5.64. The first-order chi connectivity index (χ1) is 8.15. The molecule has 0 heterocycles. The van der Waals surface area contributed by atoms with Crippen molar-refractivity contribution in [1.82, 2.24) is 0 Å². The van der Waals surface area contributed by atoms with E-state index in [1.54, 1.807) is 0 Å². The largest absolute Gasteiger partial charge is 0.486 e. The van der Waals surface area contributed by atoms with E-state index in [4.69, 9.17) is 4.74 Å². The minimum Gasteiger partial charge on any atom is -0.486 e. The fourth-order valence-corrected chi connectivity index (χ4v) is 1.77. The molecule has 0 N–H and O–H groups in total. The van der Waals surface area contributed by atoms with Crippen LogP contribution in [0.3, 0.4) is 0 Å². The molecule has 1 atom stereocenters. The van der Waals surface area contributed by atoms with E-state index in [1.807, 2.05) is 50.2 Å². The molecule has 0 saturated heterocycles. The molecule has 0 aliphatic carbocycles. The minimum absolute atomic E-state index is 0.160. The normalized spacial score (nSPS) is 12.2. The van der Waals surface area contributed by atoms with Gasteiger partial charge in [-0.1, -0.05) is 24.3 Å². The number of ether oxygens (including phenoxy) is 1. The highest BCUT2D eigenvalue weighted by atomic mass is 19.1. The Morgan fingerprint density at radius 1 is 1.06 bits per heavy atom. The molecule has 0 amide bonds. The maximum absolute atomic E-state index is 13.3. The molecule has 17 heavy (non-hydrogen) atoms. The van der Waals surface area contributed by atoms with E-state index in [0.29, 0.717) is 0 Å². The van der Waals surface area contributed by atoms with Crippen LogP contribution in [0, 0.1) is 12.7 Å². The van der Waals surface area contributed by atoms with E-state index >= 15 is 0 Å². The zero-order chi connectivity index (χ0) is 12.3. The van der Waals surface area contributed by atoms with Gasteiger partial charge in [-0.2, -0.15) is 0 Å². The van der Waals surface area contributed by atoms with Gasteiger partial charge >= 0.3 is 0 Å². The van der Waals surface area contributed by atoms with Crippen molar-refractivity contribution >= 4 is 0 Å². The summed E-state index contributed by atoms with van der Waals surface area (Å²) in [6.45, 7) is 3.79. The van der Waals surface area contributed by atoms with E-state index in [1.165, 1.54) is 12.1 Å². The molecular weight excluding hydrogens is 215 g/mol. The van der Waals surface area contributed by atoms with Gasteiger partial charge in [0.2, 0.25) is 0 Å². The van der Waals surface area contributed by atoms with Gasteiger partial charge in [0.05, 0.1) is 0 Å². The first-order valence-electron chi connectivity index (χ1n) is 5.64. The summed E-state index contributed by atoms with van der Waals surface area (Å²) in [6, 6.07) is 14.5. The molecule has 0 spiro atoms. The Bertz CT molecular complexity index is 473. The zero-order valence-corrected chi connectivity index (χ0v) is 9.98. The monoisotopic (exact) mass is 230 g/mol. The Morgan fingerprint density at radius 3 is 2.41 bits per heavy atom. The third-order valence-corrected chi connectivity index (χ3v) is 2.59. The summed E-state index contributed by atoms with van der Waals surface area (Å²) < 4.78 is 19.0. The van der Waals surface area contributed by atoms with E-state index < -0.39 is 0 Å². The van der Waals surface area contributed by atoms with Gasteiger partial charge in [0.25, 0.3) is 0 Å². The van der Waals surface area contributed by atoms with Crippen LogP contribution in [-0.2, 0) is 0 Å². The van der Waals surface area contributed by atoms with E-state index in [2.05, 4.69) is 0 Å². The van der Waals surface area contributed by atoms with Gasteiger partial charge < -0.3 is 4.74 Å². The standard InChI is InChI=1S/C15H15FO/c1-11-8-13(10-14(16)9-11)12(2)17-15-6-4-3-5-7-15/h3-10,12H,1-2H3. The van der Waals surface area contributed by atoms with Gasteiger partial charge in [0, 0.05) is 0 Å². The summed E-state index contributed by atoms with van der Waals surface area (Å²) in [5.41, 5.74) is 1.76. The molecule has 1 unspecified atom stereocenters. The number of rotatable bonds is 3. The van der Waals surface area contributed by atoms with E-state index in [0.717, 1.165) is 16.9 Å². The molecule has 88 valence electrons. The molecule has 2 aromatic carbocycles. The van der Waals surface area contributed by atoms with Crippen LogP contribution in [0.1, 0.15) is 24.2 Å². The third kappa shape index (κ3) is 3.06.